The second-order valence-electron chi connectivity index (χ2n) is 5.88. The Labute approximate surface area is 128 Å². The third-order valence-corrected chi connectivity index (χ3v) is 4.02. The number of hydrogen-bond acceptors (Lipinski definition) is 5. The van der Waals surface area contributed by atoms with E-state index in [4.69, 9.17) is 15.7 Å². The molecule has 0 fully saturated rings. The SMILES string of the molecule is CCCCCCCCCCC1C=CON1C(O)C(N)CO. The van der Waals surface area contributed by atoms with E-state index in [1.54, 1.807) is 6.26 Å². The maximum atomic E-state index is 9.99. The topological polar surface area (TPSA) is 79.0 Å². The van der Waals surface area contributed by atoms with Gasteiger partial charge in [-0.05, 0) is 12.5 Å². The quantitative estimate of drug-likeness (QED) is 0.482. The molecule has 3 unspecified atom stereocenters. The summed E-state index contributed by atoms with van der Waals surface area (Å²) < 4.78 is 0. The molecule has 0 saturated heterocycles. The highest BCUT2D eigenvalue weighted by Gasteiger charge is 2.31. The Bertz CT molecular complexity index is 287. The Hall–Kier alpha value is -0.620. The molecule has 3 atom stereocenters. The molecule has 21 heavy (non-hydrogen) atoms. The number of unbranched alkanes of at least 4 members (excludes halogenated alkanes) is 7. The fraction of sp³-hybridized carbons (Fsp3) is 0.875. The van der Waals surface area contributed by atoms with Crippen molar-refractivity contribution in [3.63, 3.8) is 0 Å². The summed E-state index contributed by atoms with van der Waals surface area (Å²) in [6.45, 7) is 1.98. The molecule has 5 heteroatoms. The van der Waals surface area contributed by atoms with Gasteiger partial charge in [0.25, 0.3) is 0 Å². The van der Waals surface area contributed by atoms with E-state index in [1.165, 1.54) is 50.0 Å². The van der Waals surface area contributed by atoms with Gasteiger partial charge in [0.1, 0.15) is 6.26 Å². The number of aliphatic hydroxyl groups excluding tert-OH is 2. The van der Waals surface area contributed by atoms with Gasteiger partial charge in [0, 0.05) is 0 Å². The van der Waals surface area contributed by atoms with Crippen molar-refractivity contribution in [2.75, 3.05) is 6.61 Å². The monoisotopic (exact) mass is 300 g/mol. The summed E-state index contributed by atoms with van der Waals surface area (Å²) in [6.07, 6.45) is 13.8. The lowest BCUT2D eigenvalue weighted by molar-refractivity contribution is -0.213. The fourth-order valence-corrected chi connectivity index (χ4v) is 2.61. The molecule has 0 aliphatic carbocycles. The van der Waals surface area contributed by atoms with E-state index in [0.717, 1.165) is 12.8 Å². The molecule has 0 aromatic heterocycles. The van der Waals surface area contributed by atoms with Crippen LogP contribution in [-0.2, 0) is 4.84 Å². The molecule has 0 saturated carbocycles. The summed E-state index contributed by atoms with van der Waals surface area (Å²) >= 11 is 0. The van der Waals surface area contributed by atoms with E-state index in [-0.39, 0.29) is 12.6 Å². The van der Waals surface area contributed by atoms with E-state index < -0.39 is 12.3 Å². The molecule has 1 heterocycles. The van der Waals surface area contributed by atoms with Crippen LogP contribution in [0.2, 0.25) is 0 Å². The van der Waals surface area contributed by atoms with Crippen LogP contribution in [0.3, 0.4) is 0 Å². The predicted octanol–water partition coefficient (Wildman–Crippen LogP) is 2.28. The van der Waals surface area contributed by atoms with Gasteiger partial charge in [-0.3, -0.25) is 0 Å². The average molecular weight is 300 g/mol. The van der Waals surface area contributed by atoms with Gasteiger partial charge in [-0.2, -0.15) is 0 Å². The van der Waals surface area contributed by atoms with Crippen LogP contribution in [0.1, 0.15) is 64.7 Å². The maximum Gasteiger partial charge on any atom is 0.158 e. The van der Waals surface area contributed by atoms with Gasteiger partial charge in [-0.15, -0.1) is 5.06 Å². The van der Waals surface area contributed by atoms with Crippen LogP contribution >= 0.6 is 0 Å². The summed E-state index contributed by atoms with van der Waals surface area (Å²) in [7, 11) is 0. The number of hydroxylamine groups is 2. The second kappa shape index (κ2) is 11.0. The summed E-state index contributed by atoms with van der Waals surface area (Å²) in [5.74, 6) is 0. The van der Waals surface area contributed by atoms with Gasteiger partial charge >= 0.3 is 0 Å². The van der Waals surface area contributed by atoms with Crippen LogP contribution in [0.25, 0.3) is 0 Å². The molecule has 0 bridgehead atoms. The molecule has 5 nitrogen and oxygen atoms in total. The summed E-state index contributed by atoms with van der Waals surface area (Å²) in [4.78, 5) is 5.28. The van der Waals surface area contributed by atoms with Crippen molar-refractivity contribution in [1.29, 1.82) is 0 Å². The molecule has 0 aromatic rings. The Morgan fingerprint density at radius 3 is 2.38 bits per heavy atom. The van der Waals surface area contributed by atoms with Crippen LogP contribution in [0.4, 0.5) is 0 Å². The Kier molecular flexibility index (Phi) is 9.67. The third-order valence-electron chi connectivity index (χ3n) is 4.02. The van der Waals surface area contributed by atoms with Crippen LogP contribution in [0.5, 0.6) is 0 Å². The largest absolute Gasteiger partial charge is 0.411 e. The molecular weight excluding hydrogens is 268 g/mol. The number of nitrogens with zero attached hydrogens (tertiary/aromatic N) is 1. The number of hydrogen-bond donors (Lipinski definition) is 3. The van der Waals surface area contributed by atoms with Crippen molar-refractivity contribution >= 4 is 0 Å². The first-order chi connectivity index (χ1) is 10.2. The first-order valence-corrected chi connectivity index (χ1v) is 8.37. The zero-order valence-corrected chi connectivity index (χ0v) is 13.3. The Morgan fingerprint density at radius 2 is 1.76 bits per heavy atom. The lowest BCUT2D eigenvalue weighted by Gasteiger charge is -2.30. The van der Waals surface area contributed by atoms with E-state index in [1.807, 2.05) is 6.08 Å². The minimum absolute atomic E-state index is 0.0534. The van der Waals surface area contributed by atoms with Gasteiger partial charge in [0.2, 0.25) is 0 Å². The molecule has 4 N–H and O–H groups in total. The second-order valence-corrected chi connectivity index (χ2v) is 5.88. The van der Waals surface area contributed by atoms with Crippen LogP contribution in [-0.4, -0.2) is 40.2 Å². The predicted molar refractivity (Wildman–Crippen MR) is 84.1 cm³/mol. The number of rotatable bonds is 12. The minimum atomic E-state index is -0.968. The van der Waals surface area contributed by atoms with E-state index in [2.05, 4.69) is 6.92 Å². The maximum absolute atomic E-state index is 9.99. The minimum Gasteiger partial charge on any atom is -0.411 e. The normalized spacial score (nSPS) is 21.4. The van der Waals surface area contributed by atoms with E-state index >= 15 is 0 Å². The molecule has 124 valence electrons. The Balaban J connectivity index is 2.12. The highest BCUT2D eigenvalue weighted by atomic mass is 16.7. The van der Waals surface area contributed by atoms with Gasteiger partial charge < -0.3 is 20.8 Å². The smallest absolute Gasteiger partial charge is 0.158 e. The molecule has 0 spiro atoms. The van der Waals surface area contributed by atoms with E-state index in [9.17, 15) is 5.11 Å². The number of nitrogens with two attached hydrogens (primary N) is 1. The van der Waals surface area contributed by atoms with Crippen molar-refractivity contribution in [2.24, 2.45) is 5.73 Å². The van der Waals surface area contributed by atoms with Crippen LogP contribution < -0.4 is 5.73 Å². The Morgan fingerprint density at radius 1 is 1.14 bits per heavy atom. The number of aliphatic hydroxyl groups is 2. The molecular formula is C16H32N2O3. The first-order valence-electron chi connectivity index (χ1n) is 8.37. The highest BCUT2D eigenvalue weighted by Crippen LogP contribution is 2.21. The fourth-order valence-electron chi connectivity index (χ4n) is 2.61. The first kappa shape index (κ1) is 18.4. The third kappa shape index (κ3) is 6.78. The highest BCUT2D eigenvalue weighted by molar-refractivity contribution is 4.95. The standard InChI is InChI=1S/C16H32N2O3/c1-2-3-4-5-6-7-8-9-10-14-11-12-21-18(14)16(20)15(17)13-19/h11-12,14-16,19-20H,2-10,13,17H2,1H3. The van der Waals surface area contributed by atoms with Gasteiger partial charge in [-0.1, -0.05) is 58.3 Å². The molecule has 1 aliphatic rings. The van der Waals surface area contributed by atoms with Crippen molar-refractivity contribution in [3.8, 4) is 0 Å². The zero-order chi connectivity index (χ0) is 15.5. The van der Waals surface area contributed by atoms with Crippen molar-refractivity contribution in [3.05, 3.63) is 12.3 Å². The lowest BCUT2D eigenvalue weighted by Crippen LogP contribution is -2.51. The summed E-state index contributed by atoms with van der Waals surface area (Å²) in [6, 6.07) is -0.649. The molecule has 0 aromatic carbocycles. The van der Waals surface area contributed by atoms with Gasteiger partial charge in [0.05, 0.1) is 18.7 Å². The van der Waals surface area contributed by atoms with E-state index in [0.29, 0.717) is 0 Å². The molecule has 1 aliphatic heterocycles. The molecule has 1 rings (SSSR count). The van der Waals surface area contributed by atoms with Gasteiger partial charge in [0.15, 0.2) is 6.23 Å². The molecule has 0 amide bonds. The molecule has 0 radical (unpaired) electrons. The lowest BCUT2D eigenvalue weighted by atomic mass is 10.0. The zero-order valence-electron chi connectivity index (χ0n) is 13.3. The van der Waals surface area contributed by atoms with Crippen molar-refractivity contribution < 1.29 is 15.1 Å². The van der Waals surface area contributed by atoms with Gasteiger partial charge in [-0.25, -0.2) is 0 Å². The van der Waals surface area contributed by atoms with Crippen LogP contribution in [0, 0.1) is 0 Å². The average Bonchev–Trinajstić information content (AvgIpc) is 2.96. The van der Waals surface area contributed by atoms with Crippen molar-refractivity contribution in [2.45, 2.75) is 83.0 Å². The van der Waals surface area contributed by atoms with Crippen LogP contribution in [0.15, 0.2) is 12.3 Å². The summed E-state index contributed by atoms with van der Waals surface area (Å²) in [5.41, 5.74) is 5.64. The summed E-state index contributed by atoms with van der Waals surface area (Å²) in [5, 5.41) is 20.5. The van der Waals surface area contributed by atoms with Crippen molar-refractivity contribution in [1.82, 2.24) is 5.06 Å².